The first kappa shape index (κ1) is 12.2. The molecule has 1 amide bonds. The van der Waals surface area contributed by atoms with Crippen molar-refractivity contribution in [3.8, 4) is 0 Å². The molecular formula is C14H17NOS. The van der Waals surface area contributed by atoms with E-state index >= 15 is 0 Å². The fourth-order valence-corrected chi connectivity index (χ4v) is 2.36. The molecule has 1 aliphatic carbocycles. The van der Waals surface area contributed by atoms with Crippen LogP contribution in [-0.4, -0.2) is 12.2 Å². The summed E-state index contributed by atoms with van der Waals surface area (Å²) in [6.07, 6.45) is 9.15. The van der Waals surface area contributed by atoms with Crippen LogP contribution >= 0.6 is 11.8 Å². The van der Waals surface area contributed by atoms with Crippen LogP contribution in [0.4, 0.5) is 5.69 Å². The maximum Gasteiger partial charge on any atom is 0.227 e. The topological polar surface area (TPSA) is 29.1 Å². The highest BCUT2D eigenvalue weighted by molar-refractivity contribution is 7.98. The van der Waals surface area contributed by atoms with Crippen molar-refractivity contribution in [1.29, 1.82) is 0 Å². The van der Waals surface area contributed by atoms with Crippen LogP contribution in [0.15, 0.2) is 41.3 Å². The van der Waals surface area contributed by atoms with E-state index in [1.807, 2.05) is 30.5 Å². The lowest BCUT2D eigenvalue weighted by molar-refractivity contribution is -0.120. The van der Waals surface area contributed by atoms with Gasteiger partial charge in [-0.25, -0.2) is 0 Å². The fraction of sp³-hybridized carbons (Fsp3) is 0.357. The molecule has 1 aliphatic rings. The number of hydrogen-bond acceptors (Lipinski definition) is 2. The Balaban J connectivity index is 1.95. The molecule has 2 nitrogen and oxygen atoms in total. The van der Waals surface area contributed by atoms with E-state index in [1.165, 1.54) is 4.90 Å². The first-order valence-corrected chi connectivity index (χ1v) is 7.12. The third-order valence-electron chi connectivity index (χ3n) is 3.00. The van der Waals surface area contributed by atoms with Crippen molar-refractivity contribution >= 4 is 23.4 Å². The number of thioether (sulfide) groups is 1. The van der Waals surface area contributed by atoms with Gasteiger partial charge < -0.3 is 5.32 Å². The number of carbonyl (C=O) groups is 1. The Morgan fingerprint density at radius 1 is 1.29 bits per heavy atom. The quantitative estimate of drug-likeness (QED) is 0.651. The van der Waals surface area contributed by atoms with E-state index in [4.69, 9.17) is 0 Å². The van der Waals surface area contributed by atoms with Crippen LogP contribution in [-0.2, 0) is 4.79 Å². The fourth-order valence-electron chi connectivity index (χ4n) is 1.95. The third kappa shape index (κ3) is 3.37. The number of nitrogens with one attached hydrogen (secondary N) is 1. The van der Waals surface area contributed by atoms with Crippen LogP contribution in [0, 0.1) is 5.92 Å². The molecule has 0 fully saturated rings. The van der Waals surface area contributed by atoms with Crippen LogP contribution in [0.1, 0.15) is 19.3 Å². The highest BCUT2D eigenvalue weighted by Gasteiger charge is 2.18. The molecule has 0 spiro atoms. The van der Waals surface area contributed by atoms with Crippen molar-refractivity contribution in [2.75, 3.05) is 11.6 Å². The number of amides is 1. The van der Waals surface area contributed by atoms with Crippen LogP contribution < -0.4 is 5.32 Å². The van der Waals surface area contributed by atoms with Crippen LogP contribution in [0.25, 0.3) is 0 Å². The van der Waals surface area contributed by atoms with Gasteiger partial charge in [0.1, 0.15) is 0 Å². The smallest absolute Gasteiger partial charge is 0.227 e. The Kier molecular flexibility index (Phi) is 4.26. The lowest BCUT2D eigenvalue weighted by Crippen LogP contribution is -2.23. The van der Waals surface area contributed by atoms with Gasteiger partial charge in [-0.05, 0) is 49.8 Å². The van der Waals surface area contributed by atoms with Gasteiger partial charge in [0, 0.05) is 16.5 Å². The number of carbonyl (C=O) groups excluding carboxylic acids is 1. The Bertz CT molecular complexity index is 411. The average molecular weight is 247 g/mol. The van der Waals surface area contributed by atoms with Gasteiger partial charge in [0.25, 0.3) is 0 Å². The molecule has 0 heterocycles. The summed E-state index contributed by atoms with van der Waals surface area (Å²) < 4.78 is 0. The van der Waals surface area contributed by atoms with Gasteiger partial charge in [0.15, 0.2) is 0 Å². The van der Waals surface area contributed by atoms with E-state index in [9.17, 15) is 4.79 Å². The second-order valence-electron chi connectivity index (χ2n) is 4.20. The Labute approximate surface area is 106 Å². The van der Waals surface area contributed by atoms with Gasteiger partial charge >= 0.3 is 0 Å². The molecule has 0 radical (unpaired) electrons. The summed E-state index contributed by atoms with van der Waals surface area (Å²) in [5, 5.41) is 2.98. The first-order valence-electron chi connectivity index (χ1n) is 5.89. The van der Waals surface area contributed by atoms with Crippen molar-refractivity contribution in [1.82, 2.24) is 0 Å². The zero-order valence-corrected chi connectivity index (χ0v) is 10.8. The number of hydrogen-bond donors (Lipinski definition) is 1. The number of anilines is 1. The highest BCUT2D eigenvalue weighted by atomic mass is 32.2. The molecule has 0 aromatic heterocycles. The zero-order valence-electron chi connectivity index (χ0n) is 9.98. The number of allylic oxidation sites excluding steroid dienone is 2. The lowest BCUT2D eigenvalue weighted by atomic mass is 9.93. The molecule has 1 unspecified atom stereocenters. The molecule has 0 saturated heterocycles. The maximum atomic E-state index is 12.0. The van der Waals surface area contributed by atoms with Gasteiger partial charge in [-0.15, -0.1) is 11.8 Å². The molecule has 1 N–H and O–H groups in total. The monoisotopic (exact) mass is 247 g/mol. The minimum absolute atomic E-state index is 0.139. The SMILES string of the molecule is CSc1ccc(NC(=O)C2CC=CCC2)cc1. The van der Waals surface area contributed by atoms with Gasteiger partial charge in [-0.2, -0.15) is 0 Å². The molecule has 1 atom stereocenters. The standard InChI is InChI=1S/C14H17NOS/c1-17-13-9-7-12(8-10-13)15-14(16)11-5-3-2-4-6-11/h2-3,7-11H,4-6H2,1H3,(H,15,16). The second kappa shape index (κ2) is 5.92. The van der Waals surface area contributed by atoms with Crippen LogP contribution in [0.5, 0.6) is 0 Å². The third-order valence-corrected chi connectivity index (χ3v) is 3.74. The highest BCUT2D eigenvalue weighted by Crippen LogP contribution is 2.21. The molecule has 0 bridgehead atoms. The van der Waals surface area contributed by atoms with E-state index in [-0.39, 0.29) is 11.8 Å². The molecule has 3 heteroatoms. The van der Waals surface area contributed by atoms with E-state index in [0.717, 1.165) is 24.9 Å². The second-order valence-corrected chi connectivity index (χ2v) is 5.08. The van der Waals surface area contributed by atoms with Crippen LogP contribution in [0.2, 0.25) is 0 Å². The van der Waals surface area contributed by atoms with Crippen molar-refractivity contribution in [2.45, 2.75) is 24.2 Å². The summed E-state index contributed by atoms with van der Waals surface area (Å²) >= 11 is 1.70. The Morgan fingerprint density at radius 2 is 2.06 bits per heavy atom. The number of rotatable bonds is 3. The summed E-state index contributed by atoms with van der Waals surface area (Å²) in [7, 11) is 0. The predicted octanol–water partition coefficient (Wildman–Crippen LogP) is 3.70. The Hall–Kier alpha value is -1.22. The van der Waals surface area contributed by atoms with E-state index in [0.29, 0.717) is 0 Å². The van der Waals surface area contributed by atoms with E-state index < -0.39 is 0 Å². The maximum absolute atomic E-state index is 12.0. The van der Waals surface area contributed by atoms with Gasteiger partial charge in [-0.1, -0.05) is 12.2 Å². The van der Waals surface area contributed by atoms with Crippen molar-refractivity contribution in [3.05, 3.63) is 36.4 Å². The lowest BCUT2D eigenvalue weighted by Gasteiger charge is -2.17. The summed E-state index contributed by atoms with van der Waals surface area (Å²) in [6, 6.07) is 7.98. The van der Waals surface area contributed by atoms with Gasteiger partial charge in [0.2, 0.25) is 5.91 Å². The van der Waals surface area contributed by atoms with E-state index in [2.05, 4.69) is 17.5 Å². The molecule has 0 aliphatic heterocycles. The van der Waals surface area contributed by atoms with Crippen LogP contribution in [0.3, 0.4) is 0 Å². The van der Waals surface area contributed by atoms with E-state index in [1.54, 1.807) is 11.8 Å². The van der Waals surface area contributed by atoms with Gasteiger partial charge in [0.05, 0.1) is 0 Å². The normalized spacial score (nSPS) is 19.0. The molecular weight excluding hydrogens is 230 g/mol. The Morgan fingerprint density at radius 3 is 2.65 bits per heavy atom. The van der Waals surface area contributed by atoms with Gasteiger partial charge in [-0.3, -0.25) is 4.79 Å². The predicted molar refractivity (Wildman–Crippen MR) is 73.3 cm³/mol. The molecule has 17 heavy (non-hydrogen) atoms. The summed E-state index contributed by atoms with van der Waals surface area (Å²) in [4.78, 5) is 13.2. The zero-order chi connectivity index (χ0) is 12.1. The first-order chi connectivity index (χ1) is 8.29. The molecule has 1 aromatic rings. The minimum Gasteiger partial charge on any atom is -0.326 e. The molecule has 2 rings (SSSR count). The van der Waals surface area contributed by atoms with Crippen molar-refractivity contribution < 1.29 is 4.79 Å². The van der Waals surface area contributed by atoms with Crippen molar-refractivity contribution in [3.63, 3.8) is 0 Å². The number of benzene rings is 1. The largest absolute Gasteiger partial charge is 0.326 e. The summed E-state index contributed by atoms with van der Waals surface area (Å²) in [5.41, 5.74) is 0.891. The minimum atomic E-state index is 0.139. The molecule has 1 aromatic carbocycles. The average Bonchev–Trinajstić information content (AvgIpc) is 2.40. The molecule has 90 valence electrons. The summed E-state index contributed by atoms with van der Waals surface area (Å²) in [6.45, 7) is 0. The van der Waals surface area contributed by atoms with Crippen molar-refractivity contribution in [2.24, 2.45) is 5.92 Å². The summed E-state index contributed by atoms with van der Waals surface area (Å²) in [5.74, 6) is 0.284. The molecule has 0 saturated carbocycles.